The second-order valence-electron chi connectivity index (χ2n) is 10.8. The number of aliphatic hydroxyl groups is 7. The quantitative estimate of drug-likeness (QED) is 0.234. The first kappa shape index (κ1) is 30.5. The van der Waals surface area contributed by atoms with E-state index >= 15 is 0 Å². The largest absolute Gasteiger partial charge is 0.461 e. The van der Waals surface area contributed by atoms with E-state index in [2.05, 4.69) is 0 Å². The molecule has 2 fully saturated rings. The fourth-order valence-corrected chi connectivity index (χ4v) is 5.21. The third-order valence-electron chi connectivity index (χ3n) is 7.73. The van der Waals surface area contributed by atoms with Crippen LogP contribution in [0, 0.1) is 0 Å². The van der Waals surface area contributed by atoms with Gasteiger partial charge in [-0.2, -0.15) is 0 Å². The van der Waals surface area contributed by atoms with E-state index in [0.717, 1.165) is 11.1 Å². The number of rotatable bonds is 5. The highest BCUT2D eigenvalue weighted by molar-refractivity contribution is 5.89. The third-order valence-corrected chi connectivity index (χ3v) is 7.73. The molecule has 2 aliphatic heterocycles. The molecule has 9 atom stereocenters. The van der Waals surface area contributed by atoms with E-state index < -0.39 is 61.9 Å². The molecule has 2 saturated heterocycles. The van der Waals surface area contributed by atoms with Crippen molar-refractivity contribution in [1.82, 2.24) is 0 Å². The van der Waals surface area contributed by atoms with Crippen LogP contribution in [0.1, 0.15) is 24.0 Å². The van der Waals surface area contributed by atoms with Gasteiger partial charge in [0.05, 0.1) is 13.2 Å². The number of aryl methyl sites for hydroxylation is 2. The molecule has 12 heteroatoms. The molecule has 5 rings (SSSR count). The van der Waals surface area contributed by atoms with Crippen molar-refractivity contribution in [2.24, 2.45) is 0 Å². The minimum Gasteiger partial charge on any atom is -0.461 e. The summed E-state index contributed by atoms with van der Waals surface area (Å²) in [4.78, 5) is 12.4. The van der Waals surface area contributed by atoms with Crippen LogP contribution in [0.15, 0.2) is 48.6 Å². The first-order valence-electron chi connectivity index (χ1n) is 13.9. The number of aliphatic hydroxyl groups excluding tert-OH is 7. The normalized spacial score (nSPS) is 34.5. The Labute approximate surface area is 242 Å². The molecule has 0 spiro atoms. The van der Waals surface area contributed by atoms with Crippen LogP contribution in [0.5, 0.6) is 11.5 Å². The van der Waals surface area contributed by atoms with E-state index in [-0.39, 0.29) is 30.3 Å². The van der Waals surface area contributed by atoms with Gasteiger partial charge in [0, 0.05) is 17.5 Å². The van der Waals surface area contributed by atoms with E-state index in [9.17, 15) is 40.5 Å². The molecule has 0 saturated carbocycles. The maximum Gasteiger partial charge on any atom is 0.229 e. The maximum absolute atomic E-state index is 12.4. The number of carbonyl (C=O) groups is 1. The fourth-order valence-electron chi connectivity index (χ4n) is 5.21. The van der Waals surface area contributed by atoms with Gasteiger partial charge >= 0.3 is 0 Å². The summed E-state index contributed by atoms with van der Waals surface area (Å²) in [5, 5.41) is 71.2. The Morgan fingerprint density at radius 2 is 1.36 bits per heavy atom. The molecular formula is C30H36O12. The number of fused-ring (bicyclic) bond motifs is 5. The van der Waals surface area contributed by atoms with Crippen LogP contribution < -0.4 is 9.47 Å². The van der Waals surface area contributed by atoms with E-state index in [0.29, 0.717) is 30.4 Å². The Bertz CT molecular complexity index is 1280. The zero-order valence-corrected chi connectivity index (χ0v) is 22.7. The van der Waals surface area contributed by atoms with Gasteiger partial charge in [-0.25, -0.2) is 0 Å². The Morgan fingerprint density at radius 3 is 2.02 bits per heavy atom. The molecule has 3 aliphatic rings. The molecule has 2 aromatic rings. The van der Waals surface area contributed by atoms with Gasteiger partial charge in [0.2, 0.25) is 12.6 Å². The van der Waals surface area contributed by atoms with Crippen molar-refractivity contribution >= 4 is 5.78 Å². The topological polar surface area (TPSA) is 196 Å². The van der Waals surface area contributed by atoms with Gasteiger partial charge in [0.1, 0.15) is 54.2 Å². The highest BCUT2D eigenvalue weighted by Crippen LogP contribution is 2.41. The third kappa shape index (κ3) is 6.52. The van der Waals surface area contributed by atoms with E-state index in [1.807, 2.05) is 12.1 Å². The Balaban J connectivity index is 1.56. The summed E-state index contributed by atoms with van der Waals surface area (Å²) in [5.41, 5.74) is 2.64. The van der Waals surface area contributed by atoms with Gasteiger partial charge in [-0.15, -0.1) is 0 Å². The first-order valence-corrected chi connectivity index (χ1v) is 13.9. The van der Waals surface area contributed by atoms with Crippen molar-refractivity contribution in [1.29, 1.82) is 0 Å². The molecular weight excluding hydrogens is 552 g/mol. The number of benzene rings is 2. The molecule has 1 aliphatic carbocycles. The summed E-state index contributed by atoms with van der Waals surface area (Å²) in [6.45, 7) is -0.875. The molecule has 0 unspecified atom stereocenters. The van der Waals surface area contributed by atoms with Crippen molar-refractivity contribution in [3.05, 3.63) is 59.7 Å². The SMILES string of the molecule is O=C1/C=C/CCc2ccc(O[C@@H]3O[C@H](CO)[C@@H](O)[C@H](O)[C@H]3O)c(c2)-c2cc(ccc2O[C@H]2OC[C@H](O)[C@H](O)[C@H]2O)CC1. The van der Waals surface area contributed by atoms with Crippen LogP contribution in [0.3, 0.4) is 0 Å². The van der Waals surface area contributed by atoms with Gasteiger partial charge < -0.3 is 54.7 Å². The van der Waals surface area contributed by atoms with Crippen LogP contribution in [0.2, 0.25) is 0 Å². The predicted octanol–water partition coefficient (Wildman–Crippen LogP) is -0.646. The lowest BCUT2D eigenvalue weighted by Gasteiger charge is -2.39. The lowest BCUT2D eigenvalue weighted by atomic mass is 9.96. The Kier molecular flexibility index (Phi) is 9.57. The molecule has 228 valence electrons. The van der Waals surface area contributed by atoms with Gasteiger partial charge in [0.25, 0.3) is 0 Å². The lowest BCUT2D eigenvalue weighted by Crippen LogP contribution is -2.60. The monoisotopic (exact) mass is 588 g/mol. The second-order valence-corrected chi connectivity index (χ2v) is 10.8. The molecule has 4 bridgehead atoms. The zero-order valence-electron chi connectivity index (χ0n) is 22.7. The molecule has 0 radical (unpaired) electrons. The summed E-state index contributed by atoms with van der Waals surface area (Å²) in [6.07, 6.45) is -7.78. The average Bonchev–Trinajstić information content (AvgIpc) is 3.00. The van der Waals surface area contributed by atoms with E-state index in [1.165, 1.54) is 0 Å². The second kappa shape index (κ2) is 13.2. The van der Waals surface area contributed by atoms with Crippen molar-refractivity contribution in [2.45, 2.75) is 81.0 Å². The highest BCUT2D eigenvalue weighted by Gasteiger charge is 2.45. The zero-order chi connectivity index (χ0) is 30.0. The number of hydrogen-bond donors (Lipinski definition) is 7. The summed E-state index contributed by atoms with van der Waals surface area (Å²) in [7, 11) is 0. The van der Waals surface area contributed by atoms with Gasteiger partial charge in [-0.1, -0.05) is 18.2 Å². The summed E-state index contributed by atoms with van der Waals surface area (Å²) < 4.78 is 23.1. The number of ketones is 1. The van der Waals surface area contributed by atoms with Gasteiger partial charge in [-0.05, 0) is 60.7 Å². The molecule has 2 aromatic carbocycles. The van der Waals surface area contributed by atoms with Crippen molar-refractivity contribution in [3.8, 4) is 22.6 Å². The average molecular weight is 589 g/mol. The molecule has 2 heterocycles. The van der Waals surface area contributed by atoms with E-state index in [4.69, 9.17) is 18.9 Å². The molecule has 0 amide bonds. The van der Waals surface area contributed by atoms with Crippen LogP contribution in [-0.2, 0) is 27.1 Å². The minimum absolute atomic E-state index is 0.0132. The van der Waals surface area contributed by atoms with Crippen LogP contribution in [0.25, 0.3) is 11.1 Å². The highest BCUT2D eigenvalue weighted by atomic mass is 16.7. The van der Waals surface area contributed by atoms with Crippen LogP contribution in [-0.4, -0.2) is 110 Å². The molecule has 7 N–H and O–H groups in total. The Hall–Kier alpha value is -2.91. The fraction of sp³-hybridized carbons (Fsp3) is 0.500. The summed E-state index contributed by atoms with van der Waals surface area (Å²) in [5.74, 6) is 0.439. The predicted molar refractivity (Wildman–Crippen MR) is 145 cm³/mol. The summed E-state index contributed by atoms with van der Waals surface area (Å²) in [6, 6.07) is 10.5. The standard InChI is InChI=1S/C30H36O12/c31-13-23-25(35)26(36)28(38)30(42-23)41-22-9-6-15-3-1-2-4-17(32)8-5-16-7-10-21(19(12-16)18(22)11-15)40-29-27(37)24(34)20(33)14-39-29/h2,4,6-7,9-12,20,23-31,33-38H,1,3,5,8,13-14H2/b4-2+/t20-,23+,24-,25+,26-,27+,28+,29+,30+/m0/s1. The maximum atomic E-state index is 12.4. The van der Waals surface area contributed by atoms with Crippen molar-refractivity contribution in [2.75, 3.05) is 13.2 Å². The van der Waals surface area contributed by atoms with Crippen molar-refractivity contribution in [3.63, 3.8) is 0 Å². The molecule has 12 nitrogen and oxygen atoms in total. The number of ether oxygens (including phenoxy) is 4. The first-order chi connectivity index (χ1) is 20.2. The van der Waals surface area contributed by atoms with Gasteiger partial charge in [0.15, 0.2) is 5.78 Å². The molecule has 42 heavy (non-hydrogen) atoms. The smallest absolute Gasteiger partial charge is 0.229 e. The number of carbonyl (C=O) groups excluding carboxylic acids is 1. The minimum atomic E-state index is -1.64. The number of allylic oxidation sites excluding steroid dienone is 2. The van der Waals surface area contributed by atoms with Gasteiger partial charge in [-0.3, -0.25) is 4.79 Å². The lowest BCUT2D eigenvalue weighted by molar-refractivity contribution is -0.277. The van der Waals surface area contributed by atoms with Crippen molar-refractivity contribution < 1.29 is 59.5 Å². The Morgan fingerprint density at radius 1 is 0.738 bits per heavy atom. The molecule has 0 aromatic heterocycles. The van der Waals surface area contributed by atoms with Crippen LogP contribution >= 0.6 is 0 Å². The van der Waals surface area contributed by atoms with E-state index in [1.54, 1.807) is 36.4 Å². The van der Waals surface area contributed by atoms with Crippen LogP contribution in [0.4, 0.5) is 0 Å². The number of hydrogen-bond acceptors (Lipinski definition) is 12. The summed E-state index contributed by atoms with van der Waals surface area (Å²) >= 11 is 0.